The summed E-state index contributed by atoms with van der Waals surface area (Å²) in [5, 5.41) is 2.73. The molecule has 4 heteroatoms. The van der Waals surface area contributed by atoms with E-state index in [1.54, 1.807) is 0 Å². The number of nitrogens with one attached hydrogen (secondary N) is 1. The smallest absolute Gasteiger partial charge is 0.407 e. The molecule has 0 spiro atoms. The number of hydrogen-bond donors (Lipinski definition) is 1. The van der Waals surface area contributed by atoms with Crippen molar-refractivity contribution in [1.29, 1.82) is 0 Å². The monoisotopic (exact) mass is 202 g/mol. The maximum Gasteiger partial charge on any atom is 0.407 e. The maximum absolute atomic E-state index is 10.9. The highest BCUT2D eigenvalue weighted by molar-refractivity contribution is 5.66. The molecule has 0 unspecified atom stereocenters. The highest BCUT2D eigenvalue weighted by Crippen LogP contribution is 2.07. The number of piperidine rings is 1. The predicted molar refractivity (Wildman–Crippen MR) is 57.4 cm³/mol. The van der Waals surface area contributed by atoms with E-state index in [2.05, 4.69) is 10.2 Å². The lowest BCUT2D eigenvalue weighted by atomic mass is 10.1. The van der Waals surface area contributed by atoms with Gasteiger partial charge in [0.2, 0.25) is 0 Å². The van der Waals surface area contributed by atoms with Crippen molar-refractivity contribution in [3.63, 3.8) is 0 Å². The fourth-order valence-corrected chi connectivity index (χ4v) is 1.68. The zero-order valence-electron chi connectivity index (χ0n) is 8.92. The zero-order valence-corrected chi connectivity index (χ0v) is 8.92. The van der Waals surface area contributed by atoms with Crippen LogP contribution in [0.15, 0.2) is 0 Å². The Kier molecular flexibility index (Phi) is 5.37. The number of ether oxygens (including phenoxy) is 1. The van der Waals surface area contributed by atoms with Gasteiger partial charge in [-0.1, -0.05) is 6.42 Å². The summed E-state index contributed by atoms with van der Waals surface area (Å²) in [5.74, 6) is 0. The molecule has 0 aromatic heterocycles. The van der Waals surface area contributed by atoms with E-state index in [1.807, 2.05) is 6.92 Å². The SMILES string of the molecule is CCOC(=O)NCCN1CCCCC1.[HH]. The summed E-state index contributed by atoms with van der Waals surface area (Å²) in [5.41, 5.74) is 0. The Hall–Kier alpha value is -0.770. The number of amides is 1. The summed E-state index contributed by atoms with van der Waals surface area (Å²) < 4.78 is 4.76. The van der Waals surface area contributed by atoms with Crippen LogP contribution in [0.5, 0.6) is 0 Å². The fraction of sp³-hybridized carbons (Fsp3) is 0.900. The lowest BCUT2D eigenvalue weighted by Crippen LogP contribution is -2.37. The second kappa shape index (κ2) is 6.65. The second-order valence-electron chi connectivity index (χ2n) is 3.55. The van der Waals surface area contributed by atoms with Gasteiger partial charge < -0.3 is 15.0 Å². The van der Waals surface area contributed by atoms with E-state index >= 15 is 0 Å². The quantitative estimate of drug-likeness (QED) is 0.750. The largest absolute Gasteiger partial charge is 0.450 e. The molecular weight excluding hydrogens is 180 g/mol. The average Bonchev–Trinajstić information content (AvgIpc) is 2.20. The summed E-state index contributed by atoms with van der Waals surface area (Å²) in [4.78, 5) is 13.3. The molecule has 1 N–H and O–H groups in total. The molecule has 1 aliphatic heterocycles. The first kappa shape index (κ1) is 11.3. The molecule has 1 aliphatic rings. The van der Waals surface area contributed by atoms with Gasteiger partial charge in [-0.05, 0) is 32.9 Å². The van der Waals surface area contributed by atoms with Gasteiger partial charge in [0, 0.05) is 14.5 Å². The van der Waals surface area contributed by atoms with Gasteiger partial charge >= 0.3 is 6.09 Å². The van der Waals surface area contributed by atoms with Gasteiger partial charge in [-0.25, -0.2) is 4.79 Å². The molecule has 0 aromatic rings. The molecule has 1 rings (SSSR count). The van der Waals surface area contributed by atoms with Gasteiger partial charge in [-0.15, -0.1) is 0 Å². The minimum Gasteiger partial charge on any atom is -0.450 e. The number of likely N-dealkylation sites (tertiary alicyclic amines) is 1. The van der Waals surface area contributed by atoms with Crippen LogP contribution in [0.1, 0.15) is 27.6 Å². The van der Waals surface area contributed by atoms with Crippen LogP contribution in [-0.2, 0) is 4.74 Å². The summed E-state index contributed by atoms with van der Waals surface area (Å²) in [7, 11) is 0. The van der Waals surface area contributed by atoms with Gasteiger partial charge in [0.1, 0.15) is 0 Å². The van der Waals surface area contributed by atoms with E-state index < -0.39 is 0 Å². The maximum atomic E-state index is 10.9. The summed E-state index contributed by atoms with van der Waals surface area (Å²) in [6, 6.07) is 0. The van der Waals surface area contributed by atoms with Gasteiger partial charge in [-0.3, -0.25) is 0 Å². The van der Waals surface area contributed by atoms with Crippen molar-refractivity contribution in [2.24, 2.45) is 0 Å². The van der Waals surface area contributed by atoms with Gasteiger partial charge in [-0.2, -0.15) is 0 Å². The van der Waals surface area contributed by atoms with Crippen molar-refractivity contribution >= 4 is 6.09 Å². The summed E-state index contributed by atoms with van der Waals surface area (Å²) in [6.45, 7) is 6.23. The number of rotatable bonds is 4. The predicted octanol–water partition coefficient (Wildman–Crippen LogP) is 1.46. The lowest BCUT2D eigenvalue weighted by Gasteiger charge is -2.26. The van der Waals surface area contributed by atoms with E-state index in [0.29, 0.717) is 13.2 Å². The molecule has 0 aliphatic carbocycles. The molecule has 1 saturated heterocycles. The van der Waals surface area contributed by atoms with Crippen molar-refractivity contribution < 1.29 is 11.0 Å². The van der Waals surface area contributed by atoms with Crippen LogP contribution >= 0.6 is 0 Å². The Bertz CT molecular complexity index is 173. The molecule has 0 saturated carbocycles. The van der Waals surface area contributed by atoms with E-state index in [4.69, 9.17) is 4.74 Å². The third-order valence-electron chi connectivity index (χ3n) is 2.42. The molecule has 0 radical (unpaired) electrons. The van der Waals surface area contributed by atoms with E-state index in [-0.39, 0.29) is 7.52 Å². The topological polar surface area (TPSA) is 41.6 Å². The Morgan fingerprint density at radius 1 is 1.43 bits per heavy atom. The van der Waals surface area contributed by atoms with Crippen LogP contribution < -0.4 is 5.32 Å². The molecule has 1 fully saturated rings. The van der Waals surface area contributed by atoms with E-state index in [9.17, 15) is 4.79 Å². The van der Waals surface area contributed by atoms with E-state index in [1.165, 1.54) is 32.4 Å². The first-order chi connectivity index (χ1) is 6.83. The number of nitrogens with zero attached hydrogens (tertiary/aromatic N) is 1. The average molecular weight is 202 g/mol. The summed E-state index contributed by atoms with van der Waals surface area (Å²) >= 11 is 0. The number of carbonyl (C=O) groups is 1. The molecular formula is C10H22N2O2. The molecule has 84 valence electrons. The normalized spacial score (nSPS) is 17.8. The third kappa shape index (κ3) is 4.46. The molecule has 1 heterocycles. The van der Waals surface area contributed by atoms with Crippen LogP contribution in [0.4, 0.5) is 4.79 Å². The summed E-state index contributed by atoms with van der Waals surface area (Å²) in [6.07, 6.45) is 3.63. The molecule has 0 atom stereocenters. The Labute approximate surface area is 87.1 Å². The van der Waals surface area contributed by atoms with Crippen molar-refractivity contribution in [3.05, 3.63) is 0 Å². The highest BCUT2D eigenvalue weighted by Gasteiger charge is 2.09. The van der Waals surface area contributed by atoms with Crippen molar-refractivity contribution in [1.82, 2.24) is 10.2 Å². The minimum absolute atomic E-state index is 0. The Morgan fingerprint density at radius 3 is 2.79 bits per heavy atom. The number of alkyl carbamates (subject to hydrolysis) is 1. The van der Waals surface area contributed by atoms with Crippen LogP contribution in [0.2, 0.25) is 0 Å². The molecule has 14 heavy (non-hydrogen) atoms. The molecule has 0 bridgehead atoms. The molecule has 1 amide bonds. The van der Waals surface area contributed by atoms with Crippen LogP contribution in [-0.4, -0.2) is 43.8 Å². The van der Waals surface area contributed by atoms with Crippen LogP contribution in [0.25, 0.3) is 0 Å². The van der Waals surface area contributed by atoms with E-state index in [0.717, 1.165) is 6.54 Å². The van der Waals surface area contributed by atoms with Gasteiger partial charge in [0.05, 0.1) is 6.61 Å². The van der Waals surface area contributed by atoms with Crippen molar-refractivity contribution in [2.75, 3.05) is 32.8 Å². The number of carbonyl (C=O) groups excluding carboxylic acids is 1. The Morgan fingerprint density at radius 2 is 2.14 bits per heavy atom. The third-order valence-corrected chi connectivity index (χ3v) is 2.42. The lowest BCUT2D eigenvalue weighted by molar-refractivity contribution is 0.149. The fourth-order valence-electron chi connectivity index (χ4n) is 1.68. The van der Waals surface area contributed by atoms with Gasteiger partial charge in [0.25, 0.3) is 0 Å². The molecule has 4 nitrogen and oxygen atoms in total. The highest BCUT2D eigenvalue weighted by atomic mass is 16.5. The van der Waals surface area contributed by atoms with Crippen molar-refractivity contribution in [2.45, 2.75) is 26.2 Å². The zero-order chi connectivity index (χ0) is 10.2. The van der Waals surface area contributed by atoms with Crippen molar-refractivity contribution in [3.8, 4) is 0 Å². The molecule has 0 aromatic carbocycles. The van der Waals surface area contributed by atoms with Crippen LogP contribution in [0, 0.1) is 0 Å². The first-order valence-electron chi connectivity index (χ1n) is 5.46. The van der Waals surface area contributed by atoms with Gasteiger partial charge in [0.15, 0.2) is 0 Å². The standard InChI is InChI=1S/C10H20N2O2.H2/c1-2-14-10(13)11-6-9-12-7-4-3-5-8-12;/h2-9H2,1H3,(H,11,13);1H. The first-order valence-corrected chi connectivity index (χ1v) is 5.46. The Balaban J connectivity index is 0.00000196. The second-order valence-corrected chi connectivity index (χ2v) is 3.55. The minimum atomic E-state index is -0.301. The van der Waals surface area contributed by atoms with Crippen LogP contribution in [0.3, 0.4) is 0 Å². The number of hydrogen-bond acceptors (Lipinski definition) is 3.